The fourth-order valence-electron chi connectivity index (χ4n) is 3.05. The van der Waals surface area contributed by atoms with E-state index in [4.69, 9.17) is 5.11 Å². The van der Waals surface area contributed by atoms with Crippen LogP contribution in [-0.4, -0.2) is 60.8 Å². The molecule has 1 saturated heterocycles. The van der Waals surface area contributed by atoms with Gasteiger partial charge in [-0.25, -0.2) is 15.0 Å². The largest absolute Gasteiger partial charge is 0.383 e. The third-order valence-corrected chi connectivity index (χ3v) is 5.74. The van der Waals surface area contributed by atoms with Gasteiger partial charge in [0.15, 0.2) is 0 Å². The third-order valence-electron chi connectivity index (χ3n) is 4.85. The molecule has 1 aromatic carbocycles. The highest BCUT2D eigenvalue weighted by Gasteiger charge is 2.26. The highest BCUT2D eigenvalue weighted by atomic mass is 32.1. The summed E-state index contributed by atoms with van der Waals surface area (Å²) in [6.07, 6.45) is 5.21. The van der Waals surface area contributed by atoms with Crippen molar-refractivity contribution < 1.29 is 9.90 Å². The molecule has 0 aliphatic carbocycles. The lowest BCUT2D eigenvalue weighted by Crippen LogP contribution is -2.24. The van der Waals surface area contributed by atoms with Crippen molar-refractivity contribution in [2.45, 2.75) is 32.9 Å². The topological polar surface area (TPSA) is 120 Å². The van der Waals surface area contributed by atoms with Gasteiger partial charge in [0.1, 0.15) is 16.8 Å². The summed E-state index contributed by atoms with van der Waals surface area (Å²) in [5.74, 6) is 0.424. The van der Waals surface area contributed by atoms with E-state index >= 15 is 0 Å². The molecule has 178 valence electrons. The highest BCUT2D eigenvalue weighted by Crippen LogP contribution is 2.28. The molecule has 3 N–H and O–H groups in total. The zero-order chi connectivity index (χ0) is 24.3. The van der Waals surface area contributed by atoms with E-state index in [1.807, 2.05) is 49.7 Å². The van der Waals surface area contributed by atoms with Crippen molar-refractivity contribution in [3.05, 3.63) is 65.9 Å². The van der Waals surface area contributed by atoms with E-state index in [0.29, 0.717) is 25.5 Å². The van der Waals surface area contributed by atoms with Crippen molar-refractivity contribution in [2.24, 2.45) is 0 Å². The Balaban J connectivity index is 0.000000274. The van der Waals surface area contributed by atoms with Crippen LogP contribution in [0.15, 0.2) is 60.4 Å². The fourth-order valence-corrected chi connectivity index (χ4v) is 3.87. The van der Waals surface area contributed by atoms with Gasteiger partial charge in [-0.05, 0) is 12.5 Å². The molecule has 5 rings (SSSR count). The summed E-state index contributed by atoms with van der Waals surface area (Å²) in [4.78, 5) is 25.6. The highest BCUT2D eigenvalue weighted by molar-refractivity contribution is 7.13. The molecule has 1 atom stereocenters. The molecule has 4 heterocycles. The number of thiazole rings is 1. The molecule has 0 radical (unpaired) electrons. The van der Waals surface area contributed by atoms with Crippen LogP contribution in [0.4, 0.5) is 5.95 Å². The van der Waals surface area contributed by atoms with Gasteiger partial charge in [-0.2, -0.15) is 5.10 Å². The van der Waals surface area contributed by atoms with E-state index in [9.17, 15) is 4.79 Å². The SMILES string of the molecule is CC.CN1CCC(O)C1=O.c1ccc(-c2nc(-c3ccnc(NCc4cn[nH]c4)n3)cs2)cc1. The van der Waals surface area contributed by atoms with Gasteiger partial charge in [0.25, 0.3) is 5.91 Å². The second-order valence-corrected chi connectivity index (χ2v) is 8.05. The van der Waals surface area contributed by atoms with Crippen LogP contribution in [0.2, 0.25) is 0 Å². The number of likely N-dealkylation sites (N-methyl/N-ethyl adjacent to an activating group) is 1. The maximum atomic E-state index is 10.6. The number of aliphatic hydroxyl groups is 1. The number of aromatic amines is 1. The Morgan fingerprint density at radius 1 is 1.18 bits per heavy atom. The maximum absolute atomic E-state index is 10.6. The zero-order valence-electron chi connectivity index (χ0n) is 19.5. The molecule has 9 nitrogen and oxygen atoms in total. The first-order valence-corrected chi connectivity index (χ1v) is 12.0. The Kier molecular flexibility index (Phi) is 9.24. The number of benzene rings is 1. The van der Waals surface area contributed by atoms with Gasteiger partial charge in [-0.15, -0.1) is 11.3 Å². The second-order valence-electron chi connectivity index (χ2n) is 7.19. The number of aromatic nitrogens is 5. The van der Waals surface area contributed by atoms with E-state index in [2.05, 4.69) is 42.6 Å². The van der Waals surface area contributed by atoms with Gasteiger partial charge in [0.2, 0.25) is 5.95 Å². The van der Waals surface area contributed by atoms with Gasteiger partial charge in [-0.1, -0.05) is 44.2 Å². The molecular formula is C24H29N7O2S. The van der Waals surface area contributed by atoms with Crippen LogP contribution >= 0.6 is 11.3 Å². The number of carbonyl (C=O) groups excluding carboxylic acids is 1. The number of amides is 1. The smallest absolute Gasteiger partial charge is 0.251 e. The molecular weight excluding hydrogens is 450 g/mol. The summed E-state index contributed by atoms with van der Waals surface area (Å²) >= 11 is 1.61. The predicted octanol–water partition coefficient (Wildman–Crippen LogP) is 3.84. The van der Waals surface area contributed by atoms with E-state index < -0.39 is 6.10 Å². The first kappa shape index (κ1) is 25.0. The van der Waals surface area contributed by atoms with E-state index in [-0.39, 0.29) is 5.91 Å². The van der Waals surface area contributed by atoms with Crippen molar-refractivity contribution in [3.63, 3.8) is 0 Å². The number of aliphatic hydroxyl groups excluding tert-OH is 1. The van der Waals surface area contributed by atoms with Gasteiger partial charge < -0.3 is 15.3 Å². The lowest BCUT2D eigenvalue weighted by atomic mass is 10.2. The van der Waals surface area contributed by atoms with Crippen LogP contribution in [0, 0.1) is 0 Å². The Morgan fingerprint density at radius 3 is 2.59 bits per heavy atom. The lowest BCUT2D eigenvalue weighted by molar-refractivity contribution is -0.133. The zero-order valence-corrected chi connectivity index (χ0v) is 20.3. The molecule has 1 fully saturated rings. The Labute approximate surface area is 202 Å². The lowest BCUT2D eigenvalue weighted by Gasteiger charge is -2.04. The molecule has 1 aliphatic rings. The molecule has 10 heteroatoms. The van der Waals surface area contributed by atoms with Gasteiger partial charge in [0.05, 0.1) is 11.9 Å². The monoisotopic (exact) mass is 479 g/mol. The van der Waals surface area contributed by atoms with Crippen molar-refractivity contribution >= 4 is 23.2 Å². The van der Waals surface area contributed by atoms with Gasteiger partial charge in [0, 0.05) is 49.0 Å². The summed E-state index contributed by atoms with van der Waals surface area (Å²) in [6.45, 7) is 5.31. The molecule has 4 aromatic rings. The summed E-state index contributed by atoms with van der Waals surface area (Å²) < 4.78 is 0. The number of rotatable bonds is 5. The van der Waals surface area contributed by atoms with Crippen molar-refractivity contribution in [2.75, 3.05) is 18.9 Å². The Bertz CT molecular complexity index is 1140. The minimum Gasteiger partial charge on any atom is -0.383 e. The first-order chi connectivity index (χ1) is 16.6. The average molecular weight is 480 g/mol. The number of nitrogens with one attached hydrogen (secondary N) is 2. The minimum atomic E-state index is -0.722. The van der Waals surface area contributed by atoms with Crippen molar-refractivity contribution in [3.8, 4) is 22.0 Å². The fraction of sp³-hybridized carbons (Fsp3) is 0.292. The standard InChI is InChI=1S/C17H14N6S.C5H9NO2.C2H6/c1-2-4-13(5-3-1)16-22-15(11-24-16)14-6-7-18-17(23-14)19-8-12-9-20-21-10-12;1-6-3-2-4(7)5(6)8;1-2/h1-7,9-11H,8H2,(H,20,21)(H,18,19,23);4,7H,2-3H2,1H3;1-2H3. The van der Waals surface area contributed by atoms with Crippen LogP contribution in [0.1, 0.15) is 25.8 Å². The van der Waals surface area contributed by atoms with Crippen LogP contribution < -0.4 is 5.32 Å². The summed E-state index contributed by atoms with van der Waals surface area (Å²) in [6, 6.07) is 12.0. The normalized spacial score (nSPS) is 14.6. The Hall–Kier alpha value is -3.63. The molecule has 0 saturated carbocycles. The third kappa shape index (κ3) is 6.69. The first-order valence-electron chi connectivity index (χ1n) is 11.1. The quantitative estimate of drug-likeness (QED) is 0.398. The summed E-state index contributed by atoms with van der Waals surface area (Å²) in [5, 5.41) is 21.7. The maximum Gasteiger partial charge on any atom is 0.251 e. The summed E-state index contributed by atoms with van der Waals surface area (Å²) in [5.41, 5.74) is 3.82. The molecule has 1 unspecified atom stereocenters. The number of hydrogen-bond acceptors (Lipinski definition) is 8. The minimum absolute atomic E-state index is 0.148. The van der Waals surface area contributed by atoms with Crippen LogP contribution in [0.5, 0.6) is 0 Å². The van der Waals surface area contributed by atoms with Crippen LogP contribution in [0.25, 0.3) is 22.0 Å². The Morgan fingerprint density at radius 2 is 1.97 bits per heavy atom. The number of likely N-dealkylation sites (tertiary alicyclic amines) is 1. The molecule has 3 aromatic heterocycles. The van der Waals surface area contributed by atoms with Crippen molar-refractivity contribution in [1.82, 2.24) is 30.0 Å². The average Bonchev–Trinajstić information content (AvgIpc) is 3.65. The number of anilines is 1. The molecule has 1 aliphatic heterocycles. The molecule has 1 amide bonds. The molecule has 0 spiro atoms. The molecule has 0 bridgehead atoms. The number of H-pyrrole nitrogens is 1. The number of nitrogens with zero attached hydrogens (tertiary/aromatic N) is 5. The van der Waals surface area contributed by atoms with Crippen LogP contribution in [0.3, 0.4) is 0 Å². The van der Waals surface area contributed by atoms with E-state index in [0.717, 1.165) is 27.5 Å². The number of carbonyl (C=O) groups is 1. The predicted molar refractivity (Wildman–Crippen MR) is 134 cm³/mol. The van der Waals surface area contributed by atoms with Crippen molar-refractivity contribution in [1.29, 1.82) is 0 Å². The van der Waals surface area contributed by atoms with Gasteiger partial charge in [-0.3, -0.25) is 9.89 Å². The van der Waals surface area contributed by atoms with E-state index in [1.165, 1.54) is 4.90 Å². The van der Waals surface area contributed by atoms with Gasteiger partial charge >= 0.3 is 0 Å². The second kappa shape index (κ2) is 12.6. The number of hydrogen-bond donors (Lipinski definition) is 3. The van der Waals surface area contributed by atoms with Crippen LogP contribution in [-0.2, 0) is 11.3 Å². The molecule has 34 heavy (non-hydrogen) atoms. The summed E-state index contributed by atoms with van der Waals surface area (Å²) in [7, 11) is 1.69. The van der Waals surface area contributed by atoms with E-state index in [1.54, 1.807) is 30.8 Å².